The summed E-state index contributed by atoms with van der Waals surface area (Å²) in [6, 6.07) is 2.22. The van der Waals surface area contributed by atoms with Crippen LogP contribution in [0.4, 0.5) is 5.69 Å². The summed E-state index contributed by atoms with van der Waals surface area (Å²) < 4.78 is 5.23. The molecule has 0 spiro atoms. The number of likely N-dealkylation sites (tertiary alicyclic amines) is 1. The number of nitrogens with one attached hydrogen (secondary N) is 2. The number of hydrogen-bond donors (Lipinski definition) is 4. The summed E-state index contributed by atoms with van der Waals surface area (Å²) in [5, 5.41) is 24.8. The molecule has 3 aromatic heterocycles. The van der Waals surface area contributed by atoms with E-state index in [4.69, 9.17) is 4.74 Å². The predicted octanol–water partition coefficient (Wildman–Crippen LogP) is 2.07. The molecule has 3 aliphatic rings. The molecule has 1 aliphatic carbocycles. The van der Waals surface area contributed by atoms with Gasteiger partial charge < -0.3 is 30.2 Å². The maximum Gasteiger partial charge on any atom is 0.319 e. The van der Waals surface area contributed by atoms with E-state index < -0.39 is 17.5 Å². The Morgan fingerprint density at radius 1 is 1.26 bits per heavy atom. The zero-order chi connectivity index (χ0) is 24.3. The highest BCUT2D eigenvalue weighted by atomic mass is 32.1. The molecule has 5 heterocycles. The summed E-state index contributed by atoms with van der Waals surface area (Å²) in [5.74, 6) is -0.271. The van der Waals surface area contributed by atoms with Crippen LogP contribution in [0.25, 0.3) is 21.6 Å². The van der Waals surface area contributed by atoms with Crippen LogP contribution in [0, 0.1) is 11.8 Å². The van der Waals surface area contributed by atoms with Crippen LogP contribution in [0.15, 0.2) is 24.7 Å². The van der Waals surface area contributed by atoms with E-state index in [0.29, 0.717) is 29.8 Å². The van der Waals surface area contributed by atoms with Gasteiger partial charge in [0.05, 0.1) is 24.5 Å². The molecule has 1 saturated carbocycles. The van der Waals surface area contributed by atoms with Crippen LogP contribution >= 0.6 is 11.3 Å². The van der Waals surface area contributed by atoms with Gasteiger partial charge in [-0.05, 0) is 37.7 Å². The van der Waals surface area contributed by atoms with Crippen LogP contribution in [0.5, 0.6) is 0 Å². The van der Waals surface area contributed by atoms with Crippen molar-refractivity contribution < 1.29 is 24.5 Å². The number of amides is 1. The molecule has 2 aliphatic heterocycles. The number of carboxylic acid groups (broad SMARTS) is 1. The lowest BCUT2D eigenvalue weighted by atomic mass is 9.85. The summed E-state index contributed by atoms with van der Waals surface area (Å²) >= 11 is 1.37. The molecule has 3 fully saturated rings. The van der Waals surface area contributed by atoms with Gasteiger partial charge in [-0.3, -0.25) is 9.59 Å². The second-order valence-electron chi connectivity index (χ2n) is 9.95. The van der Waals surface area contributed by atoms with Gasteiger partial charge in [0.1, 0.15) is 22.2 Å². The Morgan fingerprint density at radius 2 is 2.00 bits per heavy atom. The van der Waals surface area contributed by atoms with E-state index in [9.17, 15) is 19.8 Å². The molecular formula is C24H27N5O5S. The first kappa shape index (κ1) is 22.4. The Bertz CT molecular complexity index is 1280. The predicted molar refractivity (Wildman–Crippen MR) is 129 cm³/mol. The first-order valence-corrected chi connectivity index (χ1v) is 12.6. The van der Waals surface area contributed by atoms with Gasteiger partial charge in [-0.2, -0.15) is 0 Å². The van der Waals surface area contributed by atoms with E-state index in [-0.39, 0.29) is 25.2 Å². The maximum absolute atomic E-state index is 12.2. The summed E-state index contributed by atoms with van der Waals surface area (Å²) in [6.45, 7) is 3.20. The minimum absolute atomic E-state index is 0.156. The first-order chi connectivity index (χ1) is 16.9. The van der Waals surface area contributed by atoms with Crippen molar-refractivity contribution in [1.29, 1.82) is 0 Å². The highest BCUT2D eigenvalue weighted by molar-refractivity contribution is 7.15. The normalized spacial score (nSPS) is 25.9. The van der Waals surface area contributed by atoms with Crippen LogP contribution < -0.4 is 5.32 Å². The molecule has 0 bridgehead atoms. The van der Waals surface area contributed by atoms with Gasteiger partial charge in [-0.1, -0.05) is 0 Å². The number of anilines is 1. The van der Waals surface area contributed by atoms with E-state index in [1.54, 1.807) is 17.3 Å². The van der Waals surface area contributed by atoms with Crippen LogP contribution in [0.1, 0.15) is 24.6 Å². The topological polar surface area (TPSA) is 141 Å². The molecule has 3 aromatic rings. The lowest BCUT2D eigenvalue weighted by Crippen LogP contribution is -2.52. The molecule has 11 heteroatoms. The number of aliphatic hydroxyl groups excluding tert-OH is 1. The number of pyridine rings is 1. The van der Waals surface area contributed by atoms with Crippen LogP contribution in [-0.2, 0) is 19.7 Å². The van der Waals surface area contributed by atoms with E-state index in [1.165, 1.54) is 18.3 Å². The number of rotatable bonds is 6. The Labute approximate surface area is 205 Å². The third-order valence-electron chi connectivity index (χ3n) is 7.67. The number of hydrogen-bond acceptors (Lipinski definition) is 8. The molecule has 35 heavy (non-hydrogen) atoms. The molecule has 6 rings (SSSR count). The fourth-order valence-corrected chi connectivity index (χ4v) is 6.77. The zero-order valence-electron chi connectivity index (χ0n) is 19.2. The minimum Gasteiger partial charge on any atom is -0.480 e. The second kappa shape index (κ2) is 8.28. The van der Waals surface area contributed by atoms with Gasteiger partial charge in [0.25, 0.3) is 5.91 Å². The number of aliphatic hydroxyl groups is 1. The molecule has 4 N–H and O–H groups in total. The van der Waals surface area contributed by atoms with Gasteiger partial charge in [0.15, 0.2) is 0 Å². The number of aliphatic carboxylic acids is 1. The number of ether oxygens (including phenoxy) is 1. The Balaban J connectivity index is 1.27. The zero-order valence-corrected chi connectivity index (χ0v) is 20.0. The lowest BCUT2D eigenvalue weighted by molar-refractivity contribution is -0.162. The SMILES string of the molecule is C[C@H](O)C(=O)N1C[C@H]2CC(Nc3c(-c4ncc(C5(C(=O)O)COC5)s4)cnc4[nH]ccc34)C[C@H]2C1. The Kier molecular flexibility index (Phi) is 5.31. The van der Waals surface area contributed by atoms with Gasteiger partial charge in [-0.15, -0.1) is 11.3 Å². The quantitative estimate of drug-likeness (QED) is 0.406. The third-order valence-corrected chi connectivity index (χ3v) is 8.90. The largest absolute Gasteiger partial charge is 0.480 e. The number of nitrogens with zero attached hydrogens (tertiary/aromatic N) is 3. The number of fused-ring (bicyclic) bond motifs is 2. The van der Waals surface area contributed by atoms with E-state index in [0.717, 1.165) is 40.1 Å². The molecule has 184 valence electrons. The number of H-pyrrole nitrogens is 1. The minimum atomic E-state index is -1.02. The summed E-state index contributed by atoms with van der Waals surface area (Å²) in [6.07, 6.45) is 6.20. The summed E-state index contributed by atoms with van der Waals surface area (Å²) in [5.41, 5.74) is 1.53. The molecule has 1 unspecified atom stereocenters. The standard InChI is InChI=1S/C24H27N5O5S/c1-12(30)22(31)29-8-13-4-15(5-14(13)9-29)28-19-16-2-3-25-20(16)26-6-17(19)21-27-7-18(35-21)24(23(32)33)10-34-11-24/h2-3,6-7,12-15,30H,4-5,8-11H2,1H3,(H,32,33)(H2,25,26,28)/t12-,13-,14+,15?/m0/s1. The summed E-state index contributed by atoms with van der Waals surface area (Å²) in [7, 11) is 0. The van der Waals surface area contributed by atoms with E-state index >= 15 is 0 Å². The first-order valence-electron chi connectivity index (χ1n) is 11.8. The number of aromatic amines is 1. The smallest absolute Gasteiger partial charge is 0.319 e. The average molecular weight is 498 g/mol. The molecule has 0 radical (unpaired) electrons. The molecule has 10 nitrogen and oxygen atoms in total. The fraction of sp³-hybridized carbons (Fsp3) is 0.500. The van der Waals surface area contributed by atoms with Crippen LogP contribution in [0.2, 0.25) is 0 Å². The Hall–Kier alpha value is -3.02. The molecule has 0 aromatic carbocycles. The van der Waals surface area contributed by atoms with Crippen molar-refractivity contribution in [2.24, 2.45) is 11.8 Å². The van der Waals surface area contributed by atoms with Gasteiger partial charge >= 0.3 is 5.97 Å². The fourth-order valence-electron chi connectivity index (χ4n) is 5.69. The molecular weight excluding hydrogens is 470 g/mol. The maximum atomic E-state index is 12.2. The van der Waals surface area contributed by atoms with Gasteiger partial charge in [-0.25, -0.2) is 9.97 Å². The van der Waals surface area contributed by atoms with Crippen LogP contribution in [-0.4, -0.2) is 80.4 Å². The van der Waals surface area contributed by atoms with Gasteiger partial charge in [0, 0.05) is 48.0 Å². The average Bonchev–Trinajstić information content (AvgIpc) is 3.55. The van der Waals surface area contributed by atoms with E-state index in [2.05, 4.69) is 20.3 Å². The highest BCUT2D eigenvalue weighted by Crippen LogP contribution is 2.44. The number of aromatic nitrogens is 3. The number of thiazole rings is 1. The third kappa shape index (κ3) is 3.60. The highest BCUT2D eigenvalue weighted by Gasteiger charge is 2.49. The van der Waals surface area contributed by atoms with E-state index in [1.807, 2.05) is 12.3 Å². The van der Waals surface area contributed by atoms with Crippen molar-refractivity contribution >= 4 is 39.9 Å². The number of carboxylic acids is 1. The van der Waals surface area contributed by atoms with Crippen molar-refractivity contribution in [3.8, 4) is 10.6 Å². The van der Waals surface area contributed by atoms with Crippen molar-refractivity contribution in [1.82, 2.24) is 19.9 Å². The Morgan fingerprint density at radius 3 is 2.63 bits per heavy atom. The number of carbonyl (C=O) groups excluding carboxylic acids is 1. The van der Waals surface area contributed by atoms with Crippen molar-refractivity contribution in [2.45, 2.75) is 37.3 Å². The number of carbonyl (C=O) groups is 2. The van der Waals surface area contributed by atoms with Gasteiger partial charge in [0.2, 0.25) is 0 Å². The molecule has 2 saturated heterocycles. The molecule has 4 atom stereocenters. The summed E-state index contributed by atoms with van der Waals surface area (Å²) in [4.78, 5) is 38.9. The second-order valence-corrected chi connectivity index (χ2v) is 11.0. The molecule has 1 amide bonds. The van der Waals surface area contributed by atoms with Crippen molar-refractivity contribution in [3.05, 3.63) is 29.5 Å². The monoisotopic (exact) mass is 497 g/mol. The van der Waals surface area contributed by atoms with Crippen LogP contribution in [0.3, 0.4) is 0 Å². The lowest BCUT2D eigenvalue weighted by Gasteiger charge is -2.35. The van der Waals surface area contributed by atoms with Crippen molar-refractivity contribution in [2.75, 3.05) is 31.6 Å². The van der Waals surface area contributed by atoms with Crippen molar-refractivity contribution in [3.63, 3.8) is 0 Å².